The van der Waals surface area contributed by atoms with Gasteiger partial charge in [0, 0.05) is 13.0 Å². The molecule has 1 heterocycles. The lowest BCUT2D eigenvalue weighted by atomic mass is 10.1. The smallest absolute Gasteiger partial charge is 0.240 e. The van der Waals surface area contributed by atoms with Crippen LogP contribution < -0.4 is 10.4 Å². The topological polar surface area (TPSA) is 52.6 Å². The second-order valence-electron chi connectivity index (χ2n) is 3.70. The average Bonchev–Trinajstić information content (AvgIpc) is 2.65. The zero-order chi connectivity index (χ0) is 10.8. The van der Waals surface area contributed by atoms with Crippen molar-refractivity contribution in [1.82, 2.24) is 5.43 Å². The second kappa shape index (κ2) is 3.90. The Kier molecular flexibility index (Phi) is 2.60. The Morgan fingerprint density at radius 3 is 2.53 bits per heavy atom. The van der Waals surface area contributed by atoms with Gasteiger partial charge in [-0.15, -0.1) is 0 Å². The molecule has 2 rings (SSSR count). The van der Waals surface area contributed by atoms with E-state index < -0.39 is 6.10 Å². The van der Waals surface area contributed by atoms with Gasteiger partial charge < -0.3 is 5.11 Å². The lowest BCUT2D eigenvalue weighted by molar-refractivity contribution is -0.119. The van der Waals surface area contributed by atoms with Crippen molar-refractivity contribution >= 4 is 11.6 Å². The molecule has 4 nitrogen and oxygen atoms in total. The largest absolute Gasteiger partial charge is 0.389 e. The zero-order valence-corrected chi connectivity index (χ0v) is 8.60. The number of rotatable bonds is 2. The van der Waals surface area contributed by atoms with Crippen LogP contribution in [0.1, 0.15) is 25.0 Å². The van der Waals surface area contributed by atoms with Crippen molar-refractivity contribution < 1.29 is 9.90 Å². The molecule has 0 spiro atoms. The van der Waals surface area contributed by atoms with Gasteiger partial charge in [-0.25, -0.2) is 0 Å². The number of anilines is 1. The molecule has 1 unspecified atom stereocenters. The molecule has 1 amide bonds. The van der Waals surface area contributed by atoms with Gasteiger partial charge in [0.15, 0.2) is 0 Å². The Labute approximate surface area is 88.5 Å². The number of aliphatic hydroxyl groups is 1. The number of benzene rings is 1. The summed E-state index contributed by atoms with van der Waals surface area (Å²) in [6.45, 7) is 2.43. The van der Waals surface area contributed by atoms with E-state index in [0.29, 0.717) is 13.0 Å². The highest BCUT2D eigenvalue weighted by molar-refractivity contribution is 5.81. The predicted molar refractivity (Wildman–Crippen MR) is 57.2 cm³/mol. The number of hydrogen-bond donors (Lipinski definition) is 2. The third-order valence-electron chi connectivity index (χ3n) is 2.51. The Hall–Kier alpha value is -1.55. The number of nitrogens with zero attached hydrogens (tertiary/aromatic N) is 1. The van der Waals surface area contributed by atoms with Crippen LogP contribution in [0.25, 0.3) is 0 Å². The molecule has 0 radical (unpaired) electrons. The van der Waals surface area contributed by atoms with Gasteiger partial charge in [0.2, 0.25) is 5.91 Å². The maximum Gasteiger partial charge on any atom is 0.240 e. The van der Waals surface area contributed by atoms with Gasteiger partial charge in [0.25, 0.3) is 0 Å². The van der Waals surface area contributed by atoms with Crippen LogP contribution in [0.3, 0.4) is 0 Å². The molecule has 1 aliphatic heterocycles. The molecule has 4 heteroatoms. The first kappa shape index (κ1) is 9.98. The molecule has 1 aromatic carbocycles. The van der Waals surface area contributed by atoms with Crippen molar-refractivity contribution in [3.63, 3.8) is 0 Å². The SMILES string of the molecule is CC(O)c1ccc(N2CCC(=O)N2)cc1. The Morgan fingerprint density at radius 2 is 2.07 bits per heavy atom. The molecule has 1 atom stereocenters. The van der Waals surface area contributed by atoms with Crippen molar-refractivity contribution in [1.29, 1.82) is 0 Å². The first-order valence-electron chi connectivity index (χ1n) is 5.02. The summed E-state index contributed by atoms with van der Waals surface area (Å²) in [5.74, 6) is 0.0506. The first-order valence-corrected chi connectivity index (χ1v) is 5.02. The maximum absolute atomic E-state index is 11.0. The van der Waals surface area contributed by atoms with Crippen LogP contribution in [0.15, 0.2) is 24.3 Å². The summed E-state index contributed by atoms with van der Waals surface area (Å²) in [7, 11) is 0. The Morgan fingerprint density at radius 1 is 1.40 bits per heavy atom. The molecule has 0 aliphatic carbocycles. The highest BCUT2D eigenvalue weighted by atomic mass is 16.3. The quantitative estimate of drug-likeness (QED) is 0.758. The number of amides is 1. The van der Waals surface area contributed by atoms with Crippen LogP contribution >= 0.6 is 0 Å². The van der Waals surface area contributed by atoms with E-state index in [4.69, 9.17) is 0 Å². The molecule has 1 fully saturated rings. The molecule has 1 saturated heterocycles. The summed E-state index contributed by atoms with van der Waals surface area (Å²) in [4.78, 5) is 11.0. The zero-order valence-electron chi connectivity index (χ0n) is 8.60. The number of nitrogens with one attached hydrogen (secondary N) is 1. The fourth-order valence-electron chi connectivity index (χ4n) is 1.60. The van der Waals surface area contributed by atoms with Gasteiger partial charge in [-0.1, -0.05) is 12.1 Å². The minimum Gasteiger partial charge on any atom is -0.389 e. The highest BCUT2D eigenvalue weighted by Gasteiger charge is 2.18. The van der Waals surface area contributed by atoms with Crippen molar-refractivity contribution in [3.05, 3.63) is 29.8 Å². The summed E-state index contributed by atoms with van der Waals surface area (Å²) in [6.07, 6.45) is 0.0882. The van der Waals surface area contributed by atoms with Gasteiger partial charge >= 0.3 is 0 Å². The Balaban J connectivity index is 2.13. The van der Waals surface area contributed by atoms with Gasteiger partial charge in [-0.3, -0.25) is 15.2 Å². The van der Waals surface area contributed by atoms with Gasteiger partial charge in [0.05, 0.1) is 11.8 Å². The summed E-state index contributed by atoms with van der Waals surface area (Å²) < 4.78 is 0. The van der Waals surface area contributed by atoms with Crippen LogP contribution in [-0.4, -0.2) is 17.6 Å². The molecule has 15 heavy (non-hydrogen) atoms. The number of hydrazine groups is 1. The first-order chi connectivity index (χ1) is 7.16. The van der Waals surface area contributed by atoms with Crippen LogP contribution in [0.5, 0.6) is 0 Å². The number of carbonyl (C=O) groups excluding carboxylic acids is 1. The van der Waals surface area contributed by atoms with E-state index in [1.165, 1.54) is 0 Å². The molecule has 1 aromatic rings. The minimum absolute atomic E-state index is 0.0506. The second-order valence-corrected chi connectivity index (χ2v) is 3.70. The third-order valence-corrected chi connectivity index (χ3v) is 2.51. The predicted octanol–water partition coefficient (Wildman–Crippen LogP) is 0.981. The highest BCUT2D eigenvalue weighted by Crippen LogP contribution is 2.19. The number of hydrogen-bond acceptors (Lipinski definition) is 3. The van der Waals surface area contributed by atoms with Crippen molar-refractivity contribution in [2.45, 2.75) is 19.4 Å². The molecule has 1 aliphatic rings. The maximum atomic E-state index is 11.0. The van der Waals surface area contributed by atoms with Crippen LogP contribution in [-0.2, 0) is 4.79 Å². The van der Waals surface area contributed by atoms with Crippen molar-refractivity contribution in [2.75, 3.05) is 11.6 Å². The van der Waals surface area contributed by atoms with E-state index >= 15 is 0 Å². The molecular weight excluding hydrogens is 192 g/mol. The monoisotopic (exact) mass is 206 g/mol. The molecular formula is C11H14N2O2. The minimum atomic E-state index is -0.452. The fourth-order valence-corrected chi connectivity index (χ4v) is 1.60. The van der Waals surface area contributed by atoms with E-state index in [0.717, 1.165) is 11.3 Å². The molecule has 2 N–H and O–H groups in total. The van der Waals surface area contributed by atoms with E-state index in [1.807, 2.05) is 29.3 Å². The van der Waals surface area contributed by atoms with Gasteiger partial charge in [-0.2, -0.15) is 0 Å². The molecule has 0 bridgehead atoms. The molecule has 0 aromatic heterocycles. The number of aliphatic hydroxyl groups excluding tert-OH is 1. The summed E-state index contributed by atoms with van der Waals surface area (Å²) in [6, 6.07) is 7.52. The van der Waals surface area contributed by atoms with E-state index in [9.17, 15) is 9.90 Å². The van der Waals surface area contributed by atoms with Gasteiger partial charge in [0.1, 0.15) is 0 Å². The molecule has 0 saturated carbocycles. The van der Waals surface area contributed by atoms with Gasteiger partial charge in [-0.05, 0) is 24.6 Å². The standard InChI is InChI=1S/C11H14N2O2/c1-8(14)9-2-4-10(5-3-9)13-7-6-11(15)12-13/h2-5,8,14H,6-7H2,1H3,(H,12,15). The van der Waals surface area contributed by atoms with Crippen LogP contribution in [0.4, 0.5) is 5.69 Å². The van der Waals surface area contributed by atoms with Crippen molar-refractivity contribution in [3.8, 4) is 0 Å². The van der Waals surface area contributed by atoms with E-state index in [2.05, 4.69) is 5.43 Å². The summed E-state index contributed by atoms with van der Waals surface area (Å²) in [5.41, 5.74) is 4.58. The Bertz CT molecular complexity index is 359. The normalized spacial score (nSPS) is 17.7. The van der Waals surface area contributed by atoms with E-state index in [-0.39, 0.29) is 5.91 Å². The summed E-state index contributed by atoms with van der Waals surface area (Å²) in [5, 5.41) is 11.2. The average molecular weight is 206 g/mol. The van der Waals surface area contributed by atoms with E-state index in [1.54, 1.807) is 6.92 Å². The van der Waals surface area contributed by atoms with Crippen molar-refractivity contribution in [2.24, 2.45) is 0 Å². The summed E-state index contributed by atoms with van der Waals surface area (Å²) >= 11 is 0. The van der Waals surface area contributed by atoms with Crippen LogP contribution in [0, 0.1) is 0 Å². The number of carbonyl (C=O) groups is 1. The lowest BCUT2D eigenvalue weighted by Gasteiger charge is -2.17. The molecule has 80 valence electrons. The van der Waals surface area contributed by atoms with Crippen LogP contribution in [0.2, 0.25) is 0 Å². The third kappa shape index (κ3) is 2.10. The lowest BCUT2D eigenvalue weighted by Crippen LogP contribution is -2.32. The fraction of sp³-hybridized carbons (Fsp3) is 0.364.